The van der Waals surface area contributed by atoms with Gasteiger partial charge in [0.1, 0.15) is 5.75 Å². The fraction of sp³-hybridized carbons (Fsp3) is 0.231. The lowest BCUT2D eigenvalue weighted by Crippen LogP contribution is -2.01. The number of carbonyl (C=O) groups is 1. The van der Waals surface area contributed by atoms with Gasteiger partial charge in [-0.2, -0.15) is 0 Å². The third-order valence-corrected chi connectivity index (χ3v) is 3.06. The molecule has 0 saturated carbocycles. The fourth-order valence-electron chi connectivity index (χ4n) is 1.86. The lowest BCUT2D eigenvalue weighted by molar-refractivity contribution is -0.390. The Kier molecular flexibility index (Phi) is 3.62. The van der Waals surface area contributed by atoms with E-state index < -0.39 is 10.9 Å². The van der Waals surface area contributed by atoms with Gasteiger partial charge in [0, 0.05) is 14.0 Å². The Balaban J connectivity index is 2.41. The number of carboxylic acids is 1. The molecule has 0 amide bonds. The van der Waals surface area contributed by atoms with Crippen LogP contribution in [0.25, 0.3) is 0 Å². The van der Waals surface area contributed by atoms with E-state index >= 15 is 0 Å². The molecule has 110 valence electrons. The molecule has 8 heteroatoms. The summed E-state index contributed by atoms with van der Waals surface area (Å²) >= 11 is 0. The zero-order valence-corrected chi connectivity index (χ0v) is 11.7. The summed E-state index contributed by atoms with van der Waals surface area (Å²) in [7, 11) is 1.60. The minimum absolute atomic E-state index is 0.0000231. The largest absolute Gasteiger partial charge is 0.478 e. The molecule has 2 aromatic rings. The van der Waals surface area contributed by atoms with E-state index in [1.165, 1.54) is 22.8 Å². The number of hydrogen-bond acceptors (Lipinski definition) is 5. The normalized spacial score (nSPS) is 10.4. The second-order valence-electron chi connectivity index (χ2n) is 4.49. The van der Waals surface area contributed by atoms with Crippen molar-refractivity contribution in [1.82, 2.24) is 9.55 Å². The number of imidazole rings is 1. The Morgan fingerprint density at radius 3 is 2.62 bits per heavy atom. The van der Waals surface area contributed by atoms with Crippen LogP contribution in [0.1, 0.15) is 21.7 Å². The van der Waals surface area contributed by atoms with Gasteiger partial charge in [-0.25, -0.2) is 4.79 Å². The smallest absolute Gasteiger partial charge is 0.427 e. The molecule has 1 aromatic heterocycles. The summed E-state index contributed by atoms with van der Waals surface area (Å²) < 4.78 is 6.96. The van der Waals surface area contributed by atoms with Crippen molar-refractivity contribution < 1.29 is 19.6 Å². The van der Waals surface area contributed by atoms with Gasteiger partial charge in [0.15, 0.2) is 0 Å². The molecule has 0 unspecified atom stereocenters. The number of aromatic carboxylic acids is 1. The van der Waals surface area contributed by atoms with Crippen LogP contribution >= 0.6 is 0 Å². The van der Waals surface area contributed by atoms with E-state index in [9.17, 15) is 14.9 Å². The molecule has 0 spiro atoms. The van der Waals surface area contributed by atoms with Crippen LogP contribution in [-0.4, -0.2) is 25.6 Å². The molecule has 0 fully saturated rings. The van der Waals surface area contributed by atoms with E-state index in [2.05, 4.69) is 4.98 Å². The number of hydrogen-bond donors (Lipinski definition) is 1. The van der Waals surface area contributed by atoms with Crippen LogP contribution in [0, 0.1) is 24.0 Å². The third-order valence-electron chi connectivity index (χ3n) is 3.06. The van der Waals surface area contributed by atoms with Crippen LogP contribution in [0.5, 0.6) is 11.6 Å². The molecule has 21 heavy (non-hydrogen) atoms. The molecule has 0 atom stereocenters. The molecule has 1 N–H and O–H groups in total. The van der Waals surface area contributed by atoms with Gasteiger partial charge >= 0.3 is 17.7 Å². The Bertz CT molecular complexity index is 736. The average Bonchev–Trinajstić information content (AvgIpc) is 2.67. The summed E-state index contributed by atoms with van der Waals surface area (Å²) in [6, 6.07) is 4.35. The van der Waals surface area contributed by atoms with Gasteiger partial charge in [-0.15, -0.1) is 0 Å². The maximum absolute atomic E-state index is 11.0. The molecule has 0 aliphatic carbocycles. The Morgan fingerprint density at radius 2 is 2.10 bits per heavy atom. The first-order valence-corrected chi connectivity index (χ1v) is 6.00. The van der Waals surface area contributed by atoms with Crippen LogP contribution in [0.3, 0.4) is 0 Å². The molecule has 1 heterocycles. The van der Waals surface area contributed by atoms with Crippen LogP contribution < -0.4 is 4.74 Å². The summed E-state index contributed by atoms with van der Waals surface area (Å²) in [5.74, 6) is -0.671. The molecule has 8 nitrogen and oxygen atoms in total. The molecule has 0 aliphatic rings. The lowest BCUT2D eigenvalue weighted by Gasteiger charge is -2.08. The van der Waals surface area contributed by atoms with Crippen LogP contribution in [0.2, 0.25) is 0 Å². The summed E-state index contributed by atoms with van der Waals surface area (Å²) in [6.07, 6.45) is 0. The van der Waals surface area contributed by atoms with Gasteiger partial charge in [0.05, 0.1) is 5.56 Å². The van der Waals surface area contributed by atoms with E-state index in [0.29, 0.717) is 17.1 Å². The topological polar surface area (TPSA) is 107 Å². The van der Waals surface area contributed by atoms with Gasteiger partial charge in [-0.05, 0) is 40.6 Å². The average molecular weight is 291 g/mol. The zero-order valence-electron chi connectivity index (χ0n) is 11.7. The first-order valence-electron chi connectivity index (χ1n) is 6.00. The van der Waals surface area contributed by atoms with Crippen molar-refractivity contribution in [2.45, 2.75) is 13.8 Å². The van der Waals surface area contributed by atoms with Crippen molar-refractivity contribution in [2.75, 3.05) is 0 Å². The fourth-order valence-corrected chi connectivity index (χ4v) is 1.86. The summed E-state index contributed by atoms with van der Waals surface area (Å²) in [5.41, 5.74) is 0.652. The number of aryl methyl sites for hydroxylation is 2. The van der Waals surface area contributed by atoms with Gasteiger partial charge in [-0.3, -0.25) is 4.57 Å². The molecular weight excluding hydrogens is 278 g/mol. The predicted molar refractivity (Wildman–Crippen MR) is 72.8 cm³/mol. The van der Waals surface area contributed by atoms with E-state index in [4.69, 9.17) is 9.84 Å². The zero-order chi connectivity index (χ0) is 15.7. The van der Waals surface area contributed by atoms with Crippen molar-refractivity contribution >= 4 is 11.8 Å². The summed E-state index contributed by atoms with van der Waals surface area (Å²) in [5, 5.41) is 19.9. The van der Waals surface area contributed by atoms with Crippen LogP contribution in [0.4, 0.5) is 5.82 Å². The lowest BCUT2D eigenvalue weighted by atomic mass is 10.1. The van der Waals surface area contributed by atoms with Gasteiger partial charge < -0.3 is 20.0 Å². The van der Waals surface area contributed by atoms with E-state index in [0.717, 1.165) is 0 Å². The number of nitrogens with zero attached hydrogens (tertiary/aromatic N) is 3. The first kappa shape index (κ1) is 14.5. The van der Waals surface area contributed by atoms with Gasteiger partial charge in [-0.1, -0.05) is 0 Å². The SMILES string of the molecule is Cc1cc(Oc2c([N+](=O)[O-])nc(C)n2C)ccc1C(=O)O. The van der Waals surface area contributed by atoms with Crippen molar-refractivity contribution in [3.8, 4) is 11.6 Å². The third kappa shape index (κ3) is 2.69. The molecule has 0 bridgehead atoms. The van der Waals surface area contributed by atoms with E-state index in [-0.39, 0.29) is 17.3 Å². The Labute approximate surface area is 119 Å². The Morgan fingerprint density at radius 1 is 1.43 bits per heavy atom. The number of ether oxygens (including phenoxy) is 1. The van der Waals surface area contributed by atoms with Gasteiger partial charge in [0.25, 0.3) is 0 Å². The quantitative estimate of drug-likeness (QED) is 0.684. The minimum Gasteiger partial charge on any atom is -0.478 e. The Hall–Kier alpha value is -2.90. The molecular formula is C13H13N3O5. The van der Waals surface area contributed by atoms with Gasteiger partial charge in [0.2, 0.25) is 5.82 Å². The molecule has 0 saturated heterocycles. The number of benzene rings is 1. The van der Waals surface area contributed by atoms with Crippen molar-refractivity contribution in [2.24, 2.45) is 7.05 Å². The highest BCUT2D eigenvalue weighted by atomic mass is 16.6. The van der Waals surface area contributed by atoms with E-state index in [1.54, 1.807) is 20.9 Å². The minimum atomic E-state index is -1.04. The van der Waals surface area contributed by atoms with Crippen molar-refractivity contribution in [3.63, 3.8) is 0 Å². The maximum Gasteiger partial charge on any atom is 0.427 e. The first-order chi connectivity index (χ1) is 9.81. The number of rotatable bonds is 4. The molecule has 0 aliphatic heterocycles. The van der Waals surface area contributed by atoms with Crippen LogP contribution in [-0.2, 0) is 7.05 Å². The highest BCUT2D eigenvalue weighted by Crippen LogP contribution is 2.31. The second-order valence-corrected chi connectivity index (χ2v) is 4.49. The standard InChI is InChI=1S/C13H13N3O5/c1-7-6-9(4-5-10(7)13(17)18)21-12-11(16(19)20)14-8(2)15(12)3/h4-6H,1-3H3,(H,17,18). The highest BCUT2D eigenvalue weighted by molar-refractivity contribution is 5.89. The molecule has 2 rings (SSSR count). The predicted octanol–water partition coefficient (Wildman–Crippen LogP) is 2.44. The van der Waals surface area contributed by atoms with Crippen molar-refractivity contribution in [3.05, 3.63) is 45.3 Å². The molecule has 1 aromatic carbocycles. The number of nitro groups is 1. The van der Waals surface area contributed by atoms with E-state index in [1.807, 2.05) is 0 Å². The second kappa shape index (κ2) is 5.23. The maximum atomic E-state index is 11.0. The van der Waals surface area contributed by atoms with Crippen LogP contribution in [0.15, 0.2) is 18.2 Å². The van der Waals surface area contributed by atoms with Crippen molar-refractivity contribution in [1.29, 1.82) is 0 Å². The molecule has 0 radical (unpaired) electrons. The highest BCUT2D eigenvalue weighted by Gasteiger charge is 2.26. The summed E-state index contributed by atoms with van der Waals surface area (Å²) in [4.78, 5) is 25.1. The summed E-state index contributed by atoms with van der Waals surface area (Å²) in [6.45, 7) is 3.25. The number of aromatic nitrogens is 2. The number of carboxylic acid groups (broad SMARTS) is 1. The monoisotopic (exact) mass is 291 g/mol.